The summed E-state index contributed by atoms with van der Waals surface area (Å²) in [5, 5.41) is 19.9. The Bertz CT molecular complexity index is 1390. The van der Waals surface area contributed by atoms with Crippen LogP contribution in [0.3, 0.4) is 0 Å². The van der Waals surface area contributed by atoms with E-state index in [1.165, 1.54) is 0 Å². The topological polar surface area (TPSA) is 149 Å². The van der Waals surface area contributed by atoms with Crippen LogP contribution in [0.2, 0.25) is 5.04 Å². The van der Waals surface area contributed by atoms with Crippen LogP contribution < -0.4 is 0 Å². The van der Waals surface area contributed by atoms with Gasteiger partial charge in [-0.1, -0.05) is 0 Å². The third kappa shape index (κ3) is 11.1. The van der Waals surface area contributed by atoms with E-state index in [1.54, 1.807) is 24.3 Å². The zero-order valence-corrected chi connectivity index (χ0v) is 33.1. The number of hydrogen-bond donors (Lipinski definition) is 4. The van der Waals surface area contributed by atoms with Gasteiger partial charge < -0.3 is 0 Å². The molecule has 0 aliphatic rings. The molecule has 8 nitrogen and oxygen atoms in total. The van der Waals surface area contributed by atoms with Crippen molar-refractivity contribution < 1.29 is 36.2 Å². The van der Waals surface area contributed by atoms with E-state index < -0.39 is 86.2 Å². The molecule has 0 aliphatic carbocycles. The van der Waals surface area contributed by atoms with E-state index in [9.17, 15) is 36.2 Å². The van der Waals surface area contributed by atoms with Crippen molar-refractivity contribution in [2.45, 2.75) is 133 Å². The predicted molar refractivity (Wildman–Crippen MR) is 184 cm³/mol. The fourth-order valence-electron chi connectivity index (χ4n) is 5.72. The Kier molecular flexibility index (Phi) is 12.5. The van der Waals surface area contributed by atoms with Crippen molar-refractivity contribution in [2.75, 3.05) is 0 Å². The number of aromatic hydroxyl groups is 2. The molecule has 4 N–H and O–H groups in total. The molecule has 252 valence electrons. The second kappa shape index (κ2) is 13.9. The summed E-state index contributed by atoms with van der Waals surface area (Å²) < 4.78 is 71.0. The molecule has 2 unspecified atom stereocenters. The molecule has 0 bridgehead atoms. The Hall–Kier alpha value is -0.880. The second-order valence-electron chi connectivity index (χ2n) is 16.7. The van der Waals surface area contributed by atoms with Crippen molar-refractivity contribution >= 4 is 54.1 Å². The molecule has 0 fully saturated rings. The van der Waals surface area contributed by atoms with Gasteiger partial charge in [0.1, 0.15) is 0 Å². The van der Waals surface area contributed by atoms with E-state index in [0.29, 0.717) is 33.4 Å². The first kappa shape index (κ1) is 40.3. The molecule has 0 amide bonds. The zero-order valence-electron chi connectivity index (χ0n) is 29.2. The van der Waals surface area contributed by atoms with Crippen LogP contribution >= 0.6 is 0 Å². The summed E-state index contributed by atoms with van der Waals surface area (Å²) in [6.07, 6.45) is 0.0455. The fraction of sp³-hybridized carbons (Fsp3) is 0.647. The number of hydrogen-bond acceptors (Lipinski definition) is 6. The minimum atomic E-state index is -4.47. The van der Waals surface area contributed by atoms with Crippen molar-refractivity contribution in [3.05, 3.63) is 57.6 Å². The van der Waals surface area contributed by atoms with Gasteiger partial charge in [0.25, 0.3) is 0 Å². The Morgan fingerprint density at radius 2 is 0.756 bits per heavy atom. The van der Waals surface area contributed by atoms with Crippen LogP contribution in [0.15, 0.2) is 24.3 Å². The van der Waals surface area contributed by atoms with Crippen molar-refractivity contribution in [3.63, 3.8) is 0 Å². The molecule has 45 heavy (non-hydrogen) atoms. The maximum atomic E-state index is 12.6. The van der Waals surface area contributed by atoms with Gasteiger partial charge in [-0.3, -0.25) is 0 Å². The quantitative estimate of drug-likeness (QED) is 0.152. The molecule has 0 heterocycles. The Morgan fingerprint density at radius 1 is 0.533 bits per heavy atom. The maximum absolute atomic E-state index is 12.6. The Morgan fingerprint density at radius 3 is 0.933 bits per heavy atom. The van der Waals surface area contributed by atoms with E-state index in [0.717, 1.165) is 0 Å². The monoisotopic (exact) mass is 694 g/mol. The molecule has 0 radical (unpaired) electrons. The number of benzene rings is 2. The molecular formula is C34H54CaO8S2. The average molecular weight is 695 g/mol. The van der Waals surface area contributed by atoms with Gasteiger partial charge in [0.2, 0.25) is 0 Å². The Balaban J connectivity index is 2.43. The molecule has 2 aromatic rings. The van der Waals surface area contributed by atoms with Crippen molar-refractivity contribution in [3.8, 4) is 11.5 Å². The van der Waals surface area contributed by atoms with Crippen molar-refractivity contribution in [1.29, 1.82) is 0 Å². The van der Waals surface area contributed by atoms with E-state index >= 15 is 0 Å². The van der Waals surface area contributed by atoms with Gasteiger partial charge in [0.05, 0.1) is 0 Å². The normalized spacial score (nSPS) is 15.1. The number of rotatable bonds is 10. The van der Waals surface area contributed by atoms with Gasteiger partial charge >= 0.3 is 292 Å². The van der Waals surface area contributed by atoms with Gasteiger partial charge in [-0.15, -0.1) is 0 Å². The van der Waals surface area contributed by atoms with Crippen LogP contribution in [0.25, 0.3) is 0 Å². The van der Waals surface area contributed by atoms with Crippen LogP contribution in [0, 0.1) is 0 Å². The van der Waals surface area contributed by atoms with Gasteiger partial charge in [0, 0.05) is 0 Å². The molecule has 11 heteroatoms. The van der Waals surface area contributed by atoms with E-state index in [1.807, 2.05) is 83.1 Å². The van der Waals surface area contributed by atoms with E-state index in [4.69, 9.17) is 0 Å². The van der Waals surface area contributed by atoms with Crippen LogP contribution in [0.1, 0.15) is 116 Å². The van der Waals surface area contributed by atoms with Crippen LogP contribution in [-0.4, -0.2) is 80.5 Å². The first-order valence-electron chi connectivity index (χ1n) is 15.6. The molecule has 2 rings (SSSR count). The SMILES string of the molecule is CC(C)(C)c1cc(CC([CH2][Ca][CH2]C(Cc2cc(C(C)(C)C)c(O)c(C(C)(C)C)c2)S(=O)(=O)O)S(=O)(=O)O)cc(C(C)(C)C)c1O. The first-order valence-corrected chi connectivity index (χ1v) is 21.7. The third-order valence-electron chi connectivity index (χ3n) is 8.39. The molecule has 0 aliphatic heterocycles. The summed E-state index contributed by atoms with van der Waals surface area (Å²) in [6.45, 7) is 23.6. The molecular weight excluding hydrogens is 641 g/mol. The van der Waals surface area contributed by atoms with Crippen LogP contribution in [0.5, 0.6) is 11.5 Å². The summed E-state index contributed by atoms with van der Waals surface area (Å²) in [7, 11) is -8.93. The first-order chi connectivity index (χ1) is 19.9. The Labute approximate surface area is 290 Å². The molecule has 0 aromatic heterocycles. The van der Waals surface area contributed by atoms with Gasteiger partial charge in [-0.25, -0.2) is 0 Å². The standard InChI is InChI=1S/2C17H27O4S.Ca/c2*1-11(22(19,20)21)8-12-9-13(16(2,3)4)15(18)14(10-12)17(5,6)7;/h2*9-11,18H,1,8H2,2-7H3,(H,19,20,21);. The minimum absolute atomic E-state index is 0.0227. The summed E-state index contributed by atoms with van der Waals surface area (Å²) >= 11 is -1.95. The molecule has 0 saturated carbocycles. The second-order valence-corrected chi connectivity index (χ2v) is 23.0. The predicted octanol–water partition coefficient (Wildman–Crippen LogP) is 7.13. The molecule has 2 aromatic carbocycles. The van der Waals surface area contributed by atoms with Gasteiger partial charge in [0.15, 0.2) is 0 Å². The molecule has 0 saturated heterocycles. The van der Waals surface area contributed by atoms with Crippen LogP contribution in [0.4, 0.5) is 0 Å². The summed E-state index contributed by atoms with van der Waals surface area (Å²) in [5.41, 5.74) is 2.43. The van der Waals surface area contributed by atoms with Crippen molar-refractivity contribution in [2.24, 2.45) is 0 Å². The van der Waals surface area contributed by atoms with Crippen LogP contribution in [-0.2, 0) is 54.7 Å². The summed E-state index contributed by atoms with van der Waals surface area (Å²) in [4.78, 5) is 0. The van der Waals surface area contributed by atoms with Crippen molar-refractivity contribution in [1.82, 2.24) is 0 Å². The summed E-state index contributed by atoms with van der Waals surface area (Å²) in [6, 6.07) is 7.17. The van der Waals surface area contributed by atoms with Gasteiger partial charge in [-0.2, -0.15) is 0 Å². The average Bonchev–Trinajstić information content (AvgIpc) is 2.80. The zero-order chi connectivity index (χ0) is 35.1. The molecule has 0 spiro atoms. The van der Waals surface area contributed by atoms with E-state index in [2.05, 4.69) is 0 Å². The third-order valence-corrected chi connectivity index (χ3v) is 15.6. The summed E-state index contributed by atoms with van der Waals surface area (Å²) in [5.74, 6) is 0.351. The fourth-order valence-corrected chi connectivity index (χ4v) is 13.7. The number of phenols is 2. The van der Waals surface area contributed by atoms with Gasteiger partial charge in [-0.05, 0) is 0 Å². The number of phenolic OH excluding ortho intramolecular Hbond substituents is 2. The van der Waals surface area contributed by atoms with E-state index in [-0.39, 0.29) is 29.4 Å². The molecule has 2 atom stereocenters.